The highest BCUT2D eigenvalue weighted by Crippen LogP contribution is 2.15. The van der Waals surface area contributed by atoms with E-state index in [9.17, 15) is 19.2 Å². The van der Waals surface area contributed by atoms with Gasteiger partial charge >= 0.3 is 18.2 Å². The zero-order valence-corrected chi connectivity index (χ0v) is 21.9. The molecule has 9 nitrogen and oxygen atoms in total. The molecule has 0 fully saturated rings. The molecule has 0 aromatic heterocycles. The minimum Gasteiger partial charge on any atom is -0.458 e. The van der Waals surface area contributed by atoms with Gasteiger partial charge in [-0.1, -0.05) is 6.42 Å². The van der Waals surface area contributed by atoms with Gasteiger partial charge in [-0.3, -0.25) is 0 Å². The number of amides is 2. The van der Waals surface area contributed by atoms with Crippen LogP contribution in [-0.2, 0) is 23.8 Å². The third-order valence-electron chi connectivity index (χ3n) is 3.97. The van der Waals surface area contributed by atoms with Crippen molar-refractivity contribution >= 4 is 24.4 Å². The second-order valence-electron chi connectivity index (χ2n) is 11.0. The first-order chi connectivity index (χ1) is 14.9. The molecule has 0 spiro atoms. The van der Waals surface area contributed by atoms with Crippen LogP contribution in [0.15, 0.2) is 0 Å². The number of rotatable bonds is 11. The van der Waals surface area contributed by atoms with Gasteiger partial charge in [0.05, 0.1) is 0 Å². The summed E-state index contributed by atoms with van der Waals surface area (Å²) in [4.78, 5) is 49.8. The van der Waals surface area contributed by atoms with Crippen LogP contribution in [0.5, 0.6) is 0 Å². The molecule has 0 aliphatic rings. The molecule has 192 valence electrons. The van der Waals surface area contributed by atoms with Gasteiger partial charge in [0, 0.05) is 19.5 Å². The largest absolute Gasteiger partial charge is 0.458 e. The second kappa shape index (κ2) is 13.4. The lowest BCUT2D eigenvalue weighted by molar-refractivity contribution is -0.157. The maximum atomic E-state index is 12.7. The van der Waals surface area contributed by atoms with Crippen LogP contribution >= 0.6 is 0 Å². The number of hydrogen-bond acceptors (Lipinski definition) is 7. The number of carbonyl (C=O) groups excluding carboxylic acids is 4. The Kier molecular flexibility index (Phi) is 12.5. The van der Waals surface area contributed by atoms with E-state index in [1.165, 1.54) is 4.90 Å². The Morgan fingerprint density at radius 2 is 1.33 bits per heavy atom. The molecule has 0 aliphatic heterocycles. The van der Waals surface area contributed by atoms with Crippen LogP contribution in [-0.4, -0.2) is 65.3 Å². The number of ether oxygens (including phenoxy) is 3. The maximum Gasteiger partial charge on any atom is 0.410 e. The Balaban J connectivity index is 5.36. The Bertz CT molecular complexity index is 643. The fraction of sp³-hybridized carbons (Fsp3) is 0.833. The average Bonchev–Trinajstić information content (AvgIpc) is 2.58. The quantitative estimate of drug-likeness (QED) is 0.202. The van der Waals surface area contributed by atoms with E-state index in [0.717, 1.165) is 19.1 Å². The number of nitrogens with zero attached hydrogens (tertiary/aromatic N) is 1. The van der Waals surface area contributed by atoms with Crippen LogP contribution in [0.2, 0.25) is 0 Å². The number of aldehydes is 1. The van der Waals surface area contributed by atoms with Gasteiger partial charge in [-0.25, -0.2) is 14.4 Å². The summed E-state index contributed by atoms with van der Waals surface area (Å²) in [6.07, 6.45) is 2.45. The van der Waals surface area contributed by atoms with E-state index in [-0.39, 0.29) is 13.0 Å². The summed E-state index contributed by atoms with van der Waals surface area (Å²) in [7, 11) is 0. The van der Waals surface area contributed by atoms with Gasteiger partial charge < -0.3 is 29.2 Å². The summed E-state index contributed by atoms with van der Waals surface area (Å²) < 4.78 is 16.2. The van der Waals surface area contributed by atoms with Gasteiger partial charge in [-0.15, -0.1) is 0 Å². The topological polar surface area (TPSA) is 111 Å². The number of unbranched alkanes of at least 4 members (excludes halogenated alkanes) is 3. The molecule has 0 aromatic carbocycles. The Morgan fingerprint density at radius 3 is 1.82 bits per heavy atom. The van der Waals surface area contributed by atoms with Crippen molar-refractivity contribution in [2.75, 3.05) is 13.1 Å². The molecule has 1 atom stereocenters. The molecular weight excluding hydrogens is 428 g/mol. The third-order valence-corrected chi connectivity index (χ3v) is 3.97. The van der Waals surface area contributed by atoms with Crippen molar-refractivity contribution in [3.05, 3.63) is 0 Å². The molecule has 0 aromatic rings. The van der Waals surface area contributed by atoms with Crippen molar-refractivity contribution in [1.29, 1.82) is 0 Å². The molecule has 0 heterocycles. The molecule has 0 saturated carbocycles. The Morgan fingerprint density at radius 1 is 0.788 bits per heavy atom. The lowest BCUT2D eigenvalue weighted by Crippen LogP contribution is -2.48. The summed E-state index contributed by atoms with van der Waals surface area (Å²) in [6.45, 7) is 16.3. The van der Waals surface area contributed by atoms with Crippen molar-refractivity contribution in [2.24, 2.45) is 0 Å². The average molecular weight is 473 g/mol. The van der Waals surface area contributed by atoms with Gasteiger partial charge in [-0.05, 0) is 81.6 Å². The van der Waals surface area contributed by atoms with Crippen molar-refractivity contribution in [2.45, 2.75) is 117 Å². The first-order valence-corrected chi connectivity index (χ1v) is 11.6. The van der Waals surface area contributed by atoms with Crippen molar-refractivity contribution in [3.8, 4) is 0 Å². The SMILES string of the molecule is CC(C)(C)OC(=O)N[C@@H](CCN(CCCCCC=O)C(=O)OC(C)(C)C)C(=O)OC(C)(C)C. The van der Waals surface area contributed by atoms with E-state index in [4.69, 9.17) is 14.2 Å². The molecule has 0 bridgehead atoms. The molecule has 0 saturated heterocycles. The number of nitrogens with one attached hydrogen (secondary N) is 1. The lowest BCUT2D eigenvalue weighted by Gasteiger charge is -2.30. The zero-order chi connectivity index (χ0) is 25.9. The van der Waals surface area contributed by atoms with Gasteiger partial charge in [0.1, 0.15) is 29.1 Å². The summed E-state index contributed by atoms with van der Waals surface area (Å²) in [5.41, 5.74) is -2.15. The first-order valence-electron chi connectivity index (χ1n) is 11.6. The van der Waals surface area contributed by atoms with E-state index in [2.05, 4.69) is 5.32 Å². The van der Waals surface area contributed by atoms with Crippen LogP contribution in [0, 0.1) is 0 Å². The van der Waals surface area contributed by atoms with E-state index in [0.29, 0.717) is 19.4 Å². The molecule has 9 heteroatoms. The summed E-state index contributed by atoms with van der Waals surface area (Å²) in [5.74, 6) is -0.608. The van der Waals surface area contributed by atoms with Crippen LogP contribution in [0.3, 0.4) is 0 Å². The summed E-state index contributed by atoms with van der Waals surface area (Å²) in [5, 5.41) is 2.57. The van der Waals surface area contributed by atoms with Crippen molar-refractivity contribution < 1.29 is 33.4 Å². The molecule has 0 rings (SSSR count). The molecular formula is C24H44N2O7. The van der Waals surface area contributed by atoms with Crippen LogP contribution in [0.25, 0.3) is 0 Å². The number of esters is 1. The summed E-state index contributed by atoms with van der Waals surface area (Å²) in [6, 6.07) is -1.00. The molecule has 0 aliphatic carbocycles. The Labute approximate surface area is 198 Å². The van der Waals surface area contributed by atoms with Crippen molar-refractivity contribution in [1.82, 2.24) is 10.2 Å². The van der Waals surface area contributed by atoms with E-state index < -0.39 is 41.0 Å². The highest BCUT2D eigenvalue weighted by molar-refractivity contribution is 5.81. The minimum atomic E-state index is -1.00. The number of carbonyl (C=O) groups is 4. The van der Waals surface area contributed by atoms with Gasteiger partial charge in [0.15, 0.2) is 0 Å². The highest BCUT2D eigenvalue weighted by Gasteiger charge is 2.30. The van der Waals surface area contributed by atoms with Gasteiger partial charge in [0.25, 0.3) is 0 Å². The first kappa shape index (κ1) is 30.7. The monoisotopic (exact) mass is 472 g/mol. The molecule has 33 heavy (non-hydrogen) atoms. The molecule has 0 unspecified atom stereocenters. The second-order valence-corrected chi connectivity index (χ2v) is 11.0. The Hall–Kier alpha value is -2.32. The predicted octanol–water partition coefficient (Wildman–Crippen LogP) is 4.61. The normalized spacial score (nSPS) is 13.0. The smallest absolute Gasteiger partial charge is 0.410 e. The van der Waals surface area contributed by atoms with E-state index >= 15 is 0 Å². The summed E-state index contributed by atoms with van der Waals surface area (Å²) >= 11 is 0. The standard InChI is InChI=1S/C24H44N2O7/c1-22(2,3)31-19(28)18(25-20(29)32-23(4,5)6)14-16-26(15-12-10-11-13-17-27)21(30)33-24(7,8)9/h17-18H,10-16H2,1-9H3,(H,25,29)/t18-/m0/s1. The minimum absolute atomic E-state index is 0.127. The maximum absolute atomic E-state index is 12.7. The fourth-order valence-electron chi connectivity index (χ4n) is 2.68. The van der Waals surface area contributed by atoms with Crippen LogP contribution in [0.1, 0.15) is 94.4 Å². The molecule has 1 N–H and O–H groups in total. The predicted molar refractivity (Wildman–Crippen MR) is 126 cm³/mol. The number of hydrogen-bond donors (Lipinski definition) is 1. The highest BCUT2D eigenvalue weighted by atomic mass is 16.6. The van der Waals surface area contributed by atoms with E-state index in [1.807, 2.05) is 0 Å². The zero-order valence-electron chi connectivity index (χ0n) is 21.9. The lowest BCUT2D eigenvalue weighted by atomic mass is 10.1. The molecule has 0 radical (unpaired) electrons. The van der Waals surface area contributed by atoms with Crippen LogP contribution < -0.4 is 5.32 Å². The number of alkyl carbamates (subject to hydrolysis) is 1. The fourth-order valence-corrected chi connectivity index (χ4v) is 2.68. The van der Waals surface area contributed by atoms with Crippen LogP contribution in [0.4, 0.5) is 9.59 Å². The van der Waals surface area contributed by atoms with E-state index in [1.54, 1.807) is 62.3 Å². The van der Waals surface area contributed by atoms with Crippen molar-refractivity contribution in [3.63, 3.8) is 0 Å². The van der Waals surface area contributed by atoms with Gasteiger partial charge in [-0.2, -0.15) is 0 Å². The third kappa shape index (κ3) is 16.9. The molecule has 2 amide bonds. The van der Waals surface area contributed by atoms with Gasteiger partial charge in [0.2, 0.25) is 0 Å².